The molecule has 1 N–H and O–H groups in total. The first-order valence-corrected chi connectivity index (χ1v) is 8.40. The molecule has 5 nitrogen and oxygen atoms in total. The van der Waals surface area contributed by atoms with Crippen molar-refractivity contribution in [3.8, 4) is 0 Å². The molecule has 2 amide bonds. The Hall–Kier alpha value is -2.66. The molecular weight excluding hydrogens is 316 g/mol. The first-order chi connectivity index (χ1) is 12.0. The number of carbonyl (C=O) groups is 2. The average molecular weight is 338 g/mol. The predicted molar refractivity (Wildman–Crippen MR) is 97.0 cm³/mol. The zero-order chi connectivity index (χ0) is 17.8. The lowest BCUT2D eigenvalue weighted by Gasteiger charge is -2.26. The van der Waals surface area contributed by atoms with Gasteiger partial charge in [-0.15, -0.1) is 0 Å². The van der Waals surface area contributed by atoms with Gasteiger partial charge in [0.2, 0.25) is 0 Å². The van der Waals surface area contributed by atoms with Gasteiger partial charge in [0.05, 0.1) is 13.2 Å². The van der Waals surface area contributed by atoms with Crippen LogP contribution in [0, 0.1) is 13.8 Å². The van der Waals surface area contributed by atoms with Crippen LogP contribution in [0.25, 0.3) is 0 Å². The minimum absolute atomic E-state index is 0.00398. The molecule has 1 saturated heterocycles. The van der Waals surface area contributed by atoms with Crippen molar-refractivity contribution >= 4 is 17.5 Å². The molecule has 0 bridgehead atoms. The van der Waals surface area contributed by atoms with E-state index in [1.807, 2.05) is 32.0 Å². The number of aryl methyl sites for hydroxylation is 2. The summed E-state index contributed by atoms with van der Waals surface area (Å²) in [5, 5.41) is 2.89. The number of ether oxygens (including phenoxy) is 1. The molecule has 1 fully saturated rings. The minimum Gasteiger partial charge on any atom is -0.378 e. The highest BCUT2D eigenvalue weighted by Crippen LogP contribution is 2.16. The second-order valence-corrected chi connectivity index (χ2v) is 6.25. The first-order valence-electron chi connectivity index (χ1n) is 8.40. The molecule has 1 aliphatic rings. The Morgan fingerprint density at radius 2 is 1.68 bits per heavy atom. The van der Waals surface area contributed by atoms with Crippen molar-refractivity contribution < 1.29 is 14.3 Å². The summed E-state index contributed by atoms with van der Waals surface area (Å²) >= 11 is 0. The molecule has 1 aliphatic heterocycles. The molecule has 0 aromatic heterocycles. The lowest BCUT2D eigenvalue weighted by Crippen LogP contribution is -2.40. The number of morpholine rings is 1. The van der Waals surface area contributed by atoms with E-state index in [4.69, 9.17) is 4.74 Å². The maximum atomic E-state index is 12.5. The molecule has 0 atom stereocenters. The maximum Gasteiger partial charge on any atom is 0.255 e. The van der Waals surface area contributed by atoms with Crippen LogP contribution in [0.1, 0.15) is 31.8 Å². The molecule has 3 rings (SSSR count). The number of benzene rings is 2. The topological polar surface area (TPSA) is 58.6 Å². The van der Waals surface area contributed by atoms with E-state index in [2.05, 4.69) is 5.32 Å². The van der Waals surface area contributed by atoms with Gasteiger partial charge in [-0.05, 0) is 49.7 Å². The van der Waals surface area contributed by atoms with Crippen molar-refractivity contribution in [2.75, 3.05) is 31.6 Å². The Morgan fingerprint density at radius 3 is 2.36 bits per heavy atom. The van der Waals surface area contributed by atoms with Gasteiger partial charge in [0.1, 0.15) is 0 Å². The van der Waals surface area contributed by atoms with Crippen molar-refractivity contribution in [1.29, 1.82) is 0 Å². The molecule has 0 spiro atoms. The molecule has 1 heterocycles. The number of anilines is 1. The van der Waals surface area contributed by atoms with Crippen LogP contribution in [0.5, 0.6) is 0 Å². The highest BCUT2D eigenvalue weighted by molar-refractivity contribution is 6.05. The van der Waals surface area contributed by atoms with Gasteiger partial charge in [0.25, 0.3) is 11.8 Å². The summed E-state index contributed by atoms with van der Waals surface area (Å²) in [4.78, 5) is 26.7. The van der Waals surface area contributed by atoms with E-state index in [9.17, 15) is 9.59 Å². The average Bonchev–Trinajstić information content (AvgIpc) is 2.64. The number of hydrogen-bond donors (Lipinski definition) is 1. The minimum atomic E-state index is -0.145. The summed E-state index contributed by atoms with van der Waals surface area (Å²) in [6.45, 7) is 6.26. The van der Waals surface area contributed by atoms with Gasteiger partial charge >= 0.3 is 0 Å². The summed E-state index contributed by atoms with van der Waals surface area (Å²) in [6, 6.07) is 12.8. The van der Waals surface area contributed by atoms with Crippen LogP contribution in [-0.2, 0) is 4.74 Å². The van der Waals surface area contributed by atoms with Crippen LogP contribution in [0.2, 0.25) is 0 Å². The largest absolute Gasteiger partial charge is 0.378 e. The third-order valence-electron chi connectivity index (χ3n) is 4.33. The summed E-state index contributed by atoms with van der Waals surface area (Å²) in [5.74, 6) is -0.149. The lowest BCUT2D eigenvalue weighted by molar-refractivity contribution is 0.0303. The zero-order valence-electron chi connectivity index (χ0n) is 14.5. The van der Waals surface area contributed by atoms with Gasteiger partial charge in [0.15, 0.2) is 0 Å². The molecular formula is C20H22N2O3. The van der Waals surface area contributed by atoms with Gasteiger partial charge in [-0.2, -0.15) is 0 Å². The van der Waals surface area contributed by atoms with E-state index in [1.165, 1.54) is 0 Å². The van der Waals surface area contributed by atoms with Crippen LogP contribution in [0.3, 0.4) is 0 Å². The van der Waals surface area contributed by atoms with Crippen molar-refractivity contribution in [3.05, 3.63) is 64.7 Å². The highest BCUT2D eigenvalue weighted by atomic mass is 16.5. The normalized spacial score (nSPS) is 14.2. The van der Waals surface area contributed by atoms with Crippen LogP contribution in [0.4, 0.5) is 5.69 Å². The van der Waals surface area contributed by atoms with Gasteiger partial charge in [-0.1, -0.05) is 17.7 Å². The van der Waals surface area contributed by atoms with Crippen LogP contribution in [0.15, 0.2) is 42.5 Å². The smallest absolute Gasteiger partial charge is 0.255 e. The highest BCUT2D eigenvalue weighted by Gasteiger charge is 2.18. The maximum absolute atomic E-state index is 12.5. The van der Waals surface area contributed by atoms with Crippen LogP contribution in [-0.4, -0.2) is 43.0 Å². The summed E-state index contributed by atoms with van der Waals surface area (Å²) in [7, 11) is 0. The van der Waals surface area contributed by atoms with E-state index < -0.39 is 0 Å². The Balaban J connectivity index is 1.69. The molecule has 25 heavy (non-hydrogen) atoms. The van der Waals surface area contributed by atoms with E-state index in [0.717, 1.165) is 11.1 Å². The zero-order valence-corrected chi connectivity index (χ0v) is 14.5. The van der Waals surface area contributed by atoms with Crippen molar-refractivity contribution in [2.24, 2.45) is 0 Å². The monoisotopic (exact) mass is 338 g/mol. The molecule has 2 aromatic rings. The number of carbonyl (C=O) groups excluding carboxylic acids is 2. The second kappa shape index (κ2) is 7.49. The number of rotatable bonds is 3. The molecule has 2 aromatic carbocycles. The molecule has 5 heteroatoms. The number of nitrogens with one attached hydrogen (secondary N) is 1. The lowest BCUT2D eigenvalue weighted by atomic mass is 10.0. The quantitative estimate of drug-likeness (QED) is 0.936. The Bertz CT molecular complexity index is 778. The van der Waals surface area contributed by atoms with Crippen LogP contribution < -0.4 is 5.32 Å². The van der Waals surface area contributed by atoms with Crippen molar-refractivity contribution in [1.82, 2.24) is 4.90 Å². The van der Waals surface area contributed by atoms with E-state index in [1.54, 1.807) is 29.2 Å². The SMILES string of the molecule is Cc1ccc(C)c(C(=O)Nc2ccc(C(=O)N3CCOCC3)cc2)c1. The summed E-state index contributed by atoms with van der Waals surface area (Å²) < 4.78 is 5.27. The fourth-order valence-corrected chi connectivity index (χ4v) is 2.82. The number of amides is 2. The van der Waals surface area contributed by atoms with Crippen molar-refractivity contribution in [2.45, 2.75) is 13.8 Å². The molecule has 0 unspecified atom stereocenters. The predicted octanol–water partition coefficient (Wildman–Crippen LogP) is 3.03. The van der Waals surface area contributed by atoms with Gasteiger partial charge in [-0.3, -0.25) is 9.59 Å². The van der Waals surface area contributed by atoms with E-state index in [0.29, 0.717) is 43.1 Å². The van der Waals surface area contributed by atoms with E-state index in [-0.39, 0.29) is 11.8 Å². The van der Waals surface area contributed by atoms with Crippen LogP contribution >= 0.6 is 0 Å². The van der Waals surface area contributed by atoms with E-state index >= 15 is 0 Å². The second-order valence-electron chi connectivity index (χ2n) is 6.25. The third-order valence-corrected chi connectivity index (χ3v) is 4.33. The summed E-state index contributed by atoms with van der Waals surface area (Å²) in [5.41, 5.74) is 3.92. The third kappa shape index (κ3) is 4.06. The fourth-order valence-electron chi connectivity index (χ4n) is 2.82. The Morgan fingerprint density at radius 1 is 1.00 bits per heavy atom. The van der Waals surface area contributed by atoms with Crippen molar-refractivity contribution in [3.63, 3.8) is 0 Å². The molecule has 0 radical (unpaired) electrons. The molecule has 0 aliphatic carbocycles. The Kier molecular flexibility index (Phi) is 5.14. The summed E-state index contributed by atoms with van der Waals surface area (Å²) in [6.07, 6.45) is 0. The molecule has 130 valence electrons. The van der Waals surface area contributed by atoms with Gasteiger partial charge < -0.3 is 15.0 Å². The van der Waals surface area contributed by atoms with Gasteiger partial charge in [-0.25, -0.2) is 0 Å². The standard InChI is InChI=1S/C20H22N2O3/c1-14-3-4-15(2)18(13-14)19(23)21-17-7-5-16(6-8-17)20(24)22-9-11-25-12-10-22/h3-8,13H,9-12H2,1-2H3,(H,21,23). The first kappa shape index (κ1) is 17.2. The number of hydrogen-bond acceptors (Lipinski definition) is 3. The van der Waals surface area contributed by atoms with Gasteiger partial charge in [0, 0.05) is 29.9 Å². The molecule has 0 saturated carbocycles. The number of nitrogens with zero attached hydrogens (tertiary/aromatic N) is 1. The Labute approximate surface area is 147 Å². The fraction of sp³-hybridized carbons (Fsp3) is 0.300.